The molecular weight excluding hydrogens is 242 g/mol. The first kappa shape index (κ1) is 11.3. The Morgan fingerprint density at radius 1 is 1.29 bits per heavy atom. The van der Waals surface area contributed by atoms with Crippen LogP contribution < -0.4 is 5.32 Å². The van der Waals surface area contributed by atoms with Crippen LogP contribution in [0.4, 0.5) is 6.01 Å². The predicted molar refractivity (Wildman–Crippen MR) is 63.2 cm³/mol. The van der Waals surface area contributed by atoms with Crippen molar-refractivity contribution in [3.8, 4) is 0 Å². The van der Waals surface area contributed by atoms with E-state index in [0.29, 0.717) is 36.4 Å². The van der Waals surface area contributed by atoms with Gasteiger partial charge < -0.3 is 14.5 Å². The van der Waals surface area contributed by atoms with E-state index in [1.165, 1.54) is 12.8 Å². The topological polar surface area (TPSA) is 60.2 Å². The lowest BCUT2D eigenvalue weighted by atomic mass is 10.1. The maximum absolute atomic E-state index is 5.74. The molecule has 1 aliphatic carbocycles. The van der Waals surface area contributed by atoms with Crippen LogP contribution in [0, 0.1) is 5.92 Å². The molecule has 3 rings (SSSR count). The number of hydrogen-bond acceptors (Lipinski definition) is 5. The third kappa shape index (κ3) is 2.55. The minimum atomic E-state index is 0.312. The number of nitrogens with one attached hydrogen (secondary N) is 1. The number of alkyl halides is 1. The Morgan fingerprint density at radius 2 is 2.18 bits per heavy atom. The van der Waals surface area contributed by atoms with Crippen LogP contribution in [0.15, 0.2) is 4.42 Å². The molecule has 2 heterocycles. The number of hydrogen-bond donors (Lipinski definition) is 1. The van der Waals surface area contributed by atoms with E-state index in [1.807, 2.05) is 0 Å². The van der Waals surface area contributed by atoms with Gasteiger partial charge >= 0.3 is 6.01 Å². The van der Waals surface area contributed by atoms with E-state index < -0.39 is 0 Å². The smallest absolute Gasteiger partial charge is 0.315 e. The monoisotopic (exact) mass is 257 g/mol. The molecule has 0 bridgehead atoms. The van der Waals surface area contributed by atoms with Crippen molar-refractivity contribution in [1.82, 2.24) is 10.2 Å². The van der Waals surface area contributed by atoms with Gasteiger partial charge in [-0.25, -0.2) is 0 Å². The van der Waals surface area contributed by atoms with Crippen molar-refractivity contribution in [2.45, 2.75) is 37.8 Å². The number of halogens is 1. The zero-order valence-corrected chi connectivity index (χ0v) is 10.3. The fraction of sp³-hybridized carbons (Fsp3) is 0.818. The third-order valence-corrected chi connectivity index (χ3v) is 3.50. The van der Waals surface area contributed by atoms with Crippen molar-refractivity contribution in [1.29, 1.82) is 0 Å². The quantitative estimate of drug-likeness (QED) is 0.816. The van der Waals surface area contributed by atoms with Crippen LogP contribution in [-0.2, 0) is 11.2 Å². The summed E-state index contributed by atoms with van der Waals surface area (Å²) < 4.78 is 11.2. The second-order valence-electron chi connectivity index (χ2n) is 4.65. The largest absolute Gasteiger partial charge is 0.408 e. The minimum Gasteiger partial charge on any atom is -0.408 e. The summed E-state index contributed by atoms with van der Waals surface area (Å²) in [5.41, 5.74) is 0. The van der Waals surface area contributed by atoms with Crippen LogP contribution >= 0.6 is 11.6 Å². The molecule has 0 spiro atoms. The lowest BCUT2D eigenvalue weighted by Gasteiger charge is -2.17. The Morgan fingerprint density at radius 3 is 2.94 bits per heavy atom. The van der Waals surface area contributed by atoms with Crippen LogP contribution in [0.5, 0.6) is 0 Å². The zero-order chi connectivity index (χ0) is 11.7. The van der Waals surface area contributed by atoms with Crippen LogP contribution in [0.3, 0.4) is 0 Å². The van der Waals surface area contributed by atoms with Gasteiger partial charge in [0.05, 0.1) is 12.1 Å². The Balaban J connectivity index is 1.60. The van der Waals surface area contributed by atoms with E-state index in [2.05, 4.69) is 15.5 Å². The lowest BCUT2D eigenvalue weighted by molar-refractivity contribution is 0.0895. The van der Waals surface area contributed by atoms with Gasteiger partial charge in [0.1, 0.15) is 0 Å². The van der Waals surface area contributed by atoms with Gasteiger partial charge in [-0.15, -0.1) is 16.7 Å². The van der Waals surface area contributed by atoms with E-state index in [0.717, 1.165) is 18.9 Å². The van der Waals surface area contributed by atoms with Gasteiger partial charge in [-0.3, -0.25) is 0 Å². The van der Waals surface area contributed by atoms with Crippen LogP contribution in [0.25, 0.3) is 0 Å². The van der Waals surface area contributed by atoms with Crippen LogP contribution in [0.2, 0.25) is 0 Å². The van der Waals surface area contributed by atoms with Crippen molar-refractivity contribution < 1.29 is 9.15 Å². The molecule has 2 fully saturated rings. The lowest BCUT2D eigenvalue weighted by Crippen LogP contribution is -2.31. The second-order valence-corrected chi connectivity index (χ2v) is 5.03. The highest BCUT2D eigenvalue weighted by molar-refractivity contribution is 6.17. The molecule has 5 nitrogen and oxygen atoms in total. The maximum atomic E-state index is 5.74. The summed E-state index contributed by atoms with van der Waals surface area (Å²) in [6, 6.07) is 0.804. The van der Waals surface area contributed by atoms with Gasteiger partial charge in [-0.2, -0.15) is 0 Å². The molecule has 1 saturated carbocycles. The number of ether oxygens (including phenoxy) is 1. The summed E-state index contributed by atoms with van der Waals surface area (Å²) >= 11 is 5.62. The summed E-state index contributed by atoms with van der Waals surface area (Å²) in [6.45, 7) is 0.821. The molecule has 1 aliphatic heterocycles. The highest BCUT2D eigenvalue weighted by Gasteiger charge is 2.41. The van der Waals surface area contributed by atoms with Crippen LogP contribution in [0.1, 0.15) is 25.2 Å². The normalized spacial score (nSPS) is 28.5. The molecule has 6 heteroatoms. The summed E-state index contributed by atoms with van der Waals surface area (Å²) in [4.78, 5) is 0. The molecule has 1 N–H and O–H groups in total. The van der Waals surface area contributed by atoms with E-state index >= 15 is 0 Å². The fourth-order valence-corrected chi connectivity index (χ4v) is 2.47. The zero-order valence-electron chi connectivity index (χ0n) is 9.56. The molecule has 0 radical (unpaired) electrons. The van der Waals surface area contributed by atoms with Crippen molar-refractivity contribution in [3.63, 3.8) is 0 Å². The van der Waals surface area contributed by atoms with Crippen LogP contribution in [-0.4, -0.2) is 34.8 Å². The van der Waals surface area contributed by atoms with Crippen molar-refractivity contribution in [2.24, 2.45) is 5.92 Å². The van der Waals surface area contributed by atoms with Crippen molar-refractivity contribution in [2.75, 3.05) is 17.8 Å². The van der Waals surface area contributed by atoms with E-state index in [-0.39, 0.29) is 0 Å². The van der Waals surface area contributed by atoms with Gasteiger partial charge in [0.15, 0.2) is 0 Å². The van der Waals surface area contributed by atoms with Gasteiger partial charge in [0.25, 0.3) is 0 Å². The third-order valence-electron chi connectivity index (χ3n) is 3.31. The van der Waals surface area contributed by atoms with Gasteiger partial charge in [-0.05, 0) is 25.2 Å². The first-order valence-electron chi connectivity index (χ1n) is 6.13. The molecule has 1 aromatic heterocycles. The second kappa shape index (κ2) is 4.82. The SMILES string of the molecule is ClCCc1nnc(NC2CCOC2C2CC2)o1. The number of aryl methyl sites for hydroxylation is 1. The Hall–Kier alpha value is -0.810. The number of nitrogens with zero attached hydrogens (tertiary/aromatic N) is 2. The molecular formula is C11H16ClN3O2. The fourth-order valence-electron chi connectivity index (χ4n) is 2.31. The van der Waals surface area contributed by atoms with Gasteiger partial charge in [0, 0.05) is 18.9 Å². The first-order valence-corrected chi connectivity index (χ1v) is 6.67. The molecule has 94 valence electrons. The summed E-state index contributed by atoms with van der Waals surface area (Å²) in [6.07, 6.45) is 4.50. The molecule has 0 aromatic carbocycles. The van der Waals surface area contributed by atoms with Crippen molar-refractivity contribution >= 4 is 17.6 Å². The number of rotatable bonds is 5. The summed E-state index contributed by atoms with van der Waals surface area (Å²) in [5, 5.41) is 11.2. The Labute approximate surface area is 105 Å². The van der Waals surface area contributed by atoms with E-state index in [4.69, 9.17) is 20.8 Å². The molecule has 2 unspecified atom stereocenters. The maximum Gasteiger partial charge on any atom is 0.315 e. The Bertz CT molecular complexity index is 381. The molecule has 2 aliphatic rings. The van der Waals surface area contributed by atoms with Crippen molar-refractivity contribution in [3.05, 3.63) is 5.89 Å². The molecule has 17 heavy (non-hydrogen) atoms. The number of anilines is 1. The molecule has 0 amide bonds. The first-order chi connectivity index (χ1) is 8.36. The highest BCUT2D eigenvalue weighted by Crippen LogP contribution is 2.39. The van der Waals surface area contributed by atoms with Gasteiger partial charge in [-0.1, -0.05) is 5.10 Å². The number of aromatic nitrogens is 2. The molecule has 1 aromatic rings. The summed E-state index contributed by atoms with van der Waals surface area (Å²) in [7, 11) is 0. The highest BCUT2D eigenvalue weighted by atomic mass is 35.5. The molecule has 1 saturated heterocycles. The Kier molecular flexibility index (Phi) is 3.20. The average Bonchev–Trinajstić information content (AvgIpc) is 2.91. The minimum absolute atomic E-state index is 0.312. The average molecular weight is 258 g/mol. The van der Waals surface area contributed by atoms with E-state index in [9.17, 15) is 0 Å². The summed E-state index contributed by atoms with van der Waals surface area (Å²) in [5.74, 6) is 1.81. The van der Waals surface area contributed by atoms with E-state index in [1.54, 1.807) is 0 Å². The standard InChI is InChI=1S/C11H16ClN3O2/c12-5-3-9-14-15-11(17-9)13-8-4-6-16-10(8)7-1-2-7/h7-8,10H,1-6H2,(H,13,15). The predicted octanol–water partition coefficient (Wildman–Crippen LogP) is 1.83. The molecule has 2 atom stereocenters. The van der Waals surface area contributed by atoms with Gasteiger partial charge in [0.2, 0.25) is 5.89 Å².